The highest BCUT2D eigenvalue weighted by Crippen LogP contribution is 2.42. The first-order chi connectivity index (χ1) is 22.5. The van der Waals surface area contributed by atoms with Gasteiger partial charge in [-0.1, -0.05) is 109 Å². The van der Waals surface area contributed by atoms with E-state index in [0.717, 1.165) is 32.6 Å². The highest BCUT2D eigenvalue weighted by Gasteiger charge is 2.29. The third kappa shape index (κ3) is 5.79. The Kier molecular flexibility index (Phi) is 7.88. The Balaban J connectivity index is 1.23. The van der Waals surface area contributed by atoms with Crippen molar-refractivity contribution in [2.45, 2.75) is 0 Å². The molecule has 46 heavy (non-hydrogen) atoms. The molecule has 0 N–H and O–H groups in total. The van der Waals surface area contributed by atoms with Gasteiger partial charge in [-0.3, -0.25) is 0 Å². The molecule has 0 saturated carbocycles. The summed E-state index contributed by atoms with van der Waals surface area (Å²) in [5, 5.41) is 2.34. The first-order valence-electron chi connectivity index (χ1n) is 14.7. The van der Waals surface area contributed by atoms with Gasteiger partial charge in [0.1, 0.15) is 11.6 Å². The van der Waals surface area contributed by atoms with Gasteiger partial charge in [-0.25, -0.2) is 23.7 Å². The van der Waals surface area contributed by atoms with E-state index in [0.29, 0.717) is 28.6 Å². The lowest BCUT2D eigenvalue weighted by Gasteiger charge is -2.20. The molecule has 0 atom stereocenters. The van der Waals surface area contributed by atoms with Crippen molar-refractivity contribution in [3.8, 4) is 45.3 Å². The fourth-order valence-electron chi connectivity index (χ4n) is 5.36. The minimum atomic E-state index is -3.07. The summed E-state index contributed by atoms with van der Waals surface area (Å²) in [6.07, 6.45) is 0. The van der Waals surface area contributed by atoms with Gasteiger partial charge in [0.25, 0.3) is 0 Å². The molecule has 0 amide bonds. The molecule has 0 saturated heterocycles. The molecular weight excluding hydrogens is 595 g/mol. The number of aromatic nitrogens is 3. The molecule has 7 heteroatoms. The van der Waals surface area contributed by atoms with E-state index in [2.05, 4.69) is 4.98 Å². The first-order valence-corrected chi connectivity index (χ1v) is 16.4. The lowest BCUT2D eigenvalue weighted by Crippen LogP contribution is -2.24. The molecule has 1 aromatic heterocycles. The second-order valence-electron chi connectivity index (χ2n) is 10.7. The van der Waals surface area contributed by atoms with Crippen LogP contribution in [-0.4, -0.2) is 15.0 Å². The van der Waals surface area contributed by atoms with Gasteiger partial charge < -0.3 is 4.57 Å². The lowest BCUT2D eigenvalue weighted by atomic mass is 10.0. The maximum absolute atomic E-state index is 14.7. The Morgan fingerprint density at radius 1 is 0.348 bits per heavy atom. The molecule has 7 aromatic rings. The number of rotatable bonds is 7. The Labute approximate surface area is 265 Å². The minimum absolute atomic E-state index is 0.358. The predicted octanol–water partition coefficient (Wildman–Crippen LogP) is 8.46. The van der Waals surface area contributed by atoms with E-state index in [4.69, 9.17) is 9.97 Å². The molecule has 0 aliphatic carbocycles. The van der Waals surface area contributed by atoms with Crippen molar-refractivity contribution < 1.29 is 13.3 Å². The van der Waals surface area contributed by atoms with Crippen molar-refractivity contribution in [2.75, 3.05) is 0 Å². The van der Waals surface area contributed by atoms with Gasteiger partial charge in [0, 0.05) is 32.6 Å². The molecule has 0 fully saturated rings. The van der Waals surface area contributed by atoms with E-state index in [9.17, 15) is 13.3 Å². The molecule has 6 aromatic carbocycles. The Morgan fingerprint density at radius 2 is 0.630 bits per heavy atom. The Bertz CT molecular complexity index is 2050. The average molecular weight is 622 g/mol. The third-order valence-corrected chi connectivity index (χ3v) is 10.9. The normalized spacial score (nSPS) is 11.3. The smallest absolute Gasteiger partial charge is 0.171 e. The van der Waals surface area contributed by atoms with Crippen LogP contribution in [0.5, 0.6) is 0 Å². The monoisotopic (exact) mass is 621 g/mol. The van der Waals surface area contributed by atoms with Gasteiger partial charge in [0.15, 0.2) is 24.6 Å². The SMILES string of the molecule is O=P(c1ccccc1)(c1ccccc1)c1ccc(-c2ccc(-c3nc(-c4ccc(F)cc4)nc(-c4ccc(F)cc4)n3)cc2)cc1. The summed E-state index contributed by atoms with van der Waals surface area (Å²) in [6, 6.07) is 46.8. The maximum Gasteiger partial charge on any atom is 0.171 e. The number of benzene rings is 6. The molecule has 7 rings (SSSR count). The van der Waals surface area contributed by atoms with Crippen LogP contribution >= 0.6 is 7.14 Å². The topological polar surface area (TPSA) is 55.7 Å². The Morgan fingerprint density at radius 3 is 1.00 bits per heavy atom. The van der Waals surface area contributed by atoms with E-state index in [1.54, 1.807) is 24.3 Å². The standard InChI is InChI=1S/C39H26F2N3OP/c40-32-21-15-30(16-22-32)38-42-37(43-39(44-38)31-17-23-33(41)24-18-31)29-13-11-27(12-14-29)28-19-25-36(26-20-28)46(45,34-7-3-1-4-8-34)35-9-5-2-6-10-35/h1-26H. The van der Waals surface area contributed by atoms with E-state index in [1.807, 2.05) is 109 Å². The molecule has 222 valence electrons. The highest BCUT2D eigenvalue weighted by atomic mass is 31.2. The molecule has 0 spiro atoms. The summed E-state index contributed by atoms with van der Waals surface area (Å²) in [5.74, 6) is 0.476. The zero-order valence-electron chi connectivity index (χ0n) is 24.5. The number of nitrogens with zero attached hydrogens (tertiary/aromatic N) is 3. The van der Waals surface area contributed by atoms with Crippen LogP contribution in [-0.2, 0) is 4.57 Å². The number of hydrogen-bond donors (Lipinski definition) is 0. The van der Waals surface area contributed by atoms with Crippen LogP contribution in [0.15, 0.2) is 158 Å². The molecule has 1 heterocycles. The summed E-state index contributed by atoms with van der Waals surface area (Å²) < 4.78 is 42.0. The van der Waals surface area contributed by atoms with E-state index >= 15 is 0 Å². The van der Waals surface area contributed by atoms with Crippen LogP contribution in [0.25, 0.3) is 45.3 Å². The molecule has 0 unspecified atom stereocenters. The van der Waals surface area contributed by atoms with Crippen molar-refractivity contribution in [3.05, 3.63) is 169 Å². The zero-order chi connectivity index (χ0) is 31.5. The highest BCUT2D eigenvalue weighted by molar-refractivity contribution is 7.85. The predicted molar refractivity (Wildman–Crippen MR) is 181 cm³/mol. The maximum atomic E-state index is 14.7. The zero-order valence-corrected chi connectivity index (χ0v) is 25.4. The summed E-state index contributed by atoms with van der Waals surface area (Å²) in [7, 11) is -3.07. The van der Waals surface area contributed by atoms with Crippen LogP contribution in [0.4, 0.5) is 8.78 Å². The fourth-order valence-corrected chi connectivity index (χ4v) is 8.01. The average Bonchev–Trinajstić information content (AvgIpc) is 3.12. The van der Waals surface area contributed by atoms with Crippen LogP contribution in [0.3, 0.4) is 0 Å². The summed E-state index contributed by atoms with van der Waals surface area (Å²) >= 11 is 0. The molecule has 0 aliphatic heterocycles. The van der Waals surface area contributed by atoms with Crippen LogP contribution in [0.1, 0.15) is 0 Å². The Hall–Kier alpha value is -5.58. The first kappa shape index (κ1) is 29.1. The molecule has 0 bridgehead atoms. The van der Waals surface area contributed by atoms with Crippen LogP contribution < -0.4 is 15.9 Å². The lowest BCUT2D eigenvalue weighted by molar-refractivity contribution is 0.592. The number of halogens is 2. The van der Waals surface area contributed by atoms with E-state index in [1.165, 1.54) is 24.3 Å². The summed E-state index contributed by atoms with van der Waals surface area (Å²) in [6.45, 7) is 0. The van der Waals surface area contributed by atoms with Gasteiger partial charge in [-0.15, -0.1) is 0 Å². The van der Waals surface area contributed by atoms with E-state index < -0.39 is 7.14 Å². The number of hydrogen-bond acceptors (Lipinski definition) is 4. The van der Waals surface area contributed by atoms with E-state index in [-0.39, 0.29) is 11.6 Å². The van der Waals surface area contributed by atoms with Crippen molar-refractivity contribution >= 4 is 23.1 Å². The fraction of sp³-hybridized carbons (Fsp3) is 0. The van der Waals surface area contributed by atoms with Gasteiger partial charge in [-0.05, 0) is 59.7 Å². The second kappa shape index (κ2) is 12.4. The van der Waals surface area contributed by atoms with Gasteiger partial charge in [-0.2, -0.15) is 0 Å². The van der Waals surface area contributed by atoms with Crippen LogP contribution in [0.2, 0.25) is 0 Å². The van der Waals surface area contributed by atoms with Gasteiger partial charge in [0.2, 0.25) is 0 Å². The summed E-state index contributed by atoms with van der Waals surface area (Å²) in [4.78, 5) is 14.0. The minimum Gasteiger partial charge on any atom is -0.309 e. The molecular formula is C39H26F2N3OP. The molecule has 4 nitrogen and oxygen atoms in total. The van der Waals surface area contributed by atoms with Gasteiger partial charge >= 0.3 is 0 Å². The van der Waals surface area contributed by atoms with Crippen molar-refractivity contribution in [1.29, 1.82) is 0 Å². The van der Waals surface area contributed by atoms with Crippen molar-refractivity contribution in [3.63, 3.8) is 0 Å². The van der Waals surface area contributed by atoms with Crippen molar-refractivity contribution in [2.24, 2.45) is 0 Å². The van der Waals surface area contributed by atoms with Crippen LogP contribution in [0, 0.1) is 11.6 Å². The van der Waals surface area contributed by atoms with Gasteiger partial charge in [0.05, 0.1) is 0 Å². The molecule has 0 radical (unpaired) electrons. The largest absolute Gasteiger partial charge is 0.309 e. The second-order valence-corrected chi connectivity index (χ2v) is 13.5. The summed E-state index contributed by atoms with van der Waals surface area (Å²) in [5.41, 5.74) is 3.96. The quantitative estimate of drug-likeness (QED) is 0.168. The molecule has 0 aliphatic rings. The van der Waals surface area contributed by atoms with Crippen molar-refractivity contribution in [1.82, 2.24) is 15.0 Å². The third-order valence-electron chi connectivity index (χ3n) is 7.79.